The first kappa shape index (κ1) is 11.3. The molecule has 1 N–H and O–H groups in total. The van der Waals surface area contributed by atoms with Crippen molar-refractivity contribution in [2.75, 3.05) is 11.9 Å². The molecule has 0 spiro atoms. The molecule has 0 fully saturated rings. The first-order valence-electron chi connectivity index (χ1n) is 4.97. The van der Waals surface area contributed by atoms with Crippen LogP contribution in [0.2, 0.25) is 0 Å². The van der Waals surface area contributed by atoms with Crippen molar-refractivity contribution in [2.24, 2.45) is 0 Å². The highest BCUT2D eigenvalue weighted by Gasteiger charge is 2.01. The maximum Gasteiger partial charge on any atom is 0.170 e. The second-order valence-corrected chi connectivity index (χ2v) is 5.04. The molecule has 0 unspecified atom stereocenters. The first-order chi connectivity index (χ1) is 7.88. The van der Waals surface area contributed by atoms with Crippen molar-refractivity contribution >= 4 is 29.1 Å². The van der Waals surface area contributed by atoms with E-state index < -0.39 is 0 Å². The quantitative estimate of drug-likeness (QED) is 0.829. The summed E-state index contributed by atoms with van der Waals surface area (Å²) in [6.45, 7) is 2.95. The minimum Gasteiger partial charge on any atom is -0.370 e. The molecular formula is C10H12N4S2. The largest absolute Gasteiger partial charge is 0.370 e. The normalized spacial score (nSPS) is 10.3. The monoisotopic (exact) mass is 252 g/mol. The number of aromatic nitrogens is 3. The Hall–Kier alpha value is -1.14. The Balaban J connectivity index is 1.96. The van der Waals surface area contributed by atoms with Gasteiger partial charge >= 0.3 is 0 Å². The molecule has 0 amide bonds. The number of hydrogen-bond donors (Lipinski definition) is 1. The lowest BCUT2D eigenvalue weighted by molar-refractivity contribution is 1.11. The van der Waals surface area contributed by atoms with Crippen molar-refractivity contribution in [1.29, 1.82) is 0 Å². The van der Waals surface area contributed by atoms with E-state index in [9.17, 15) is 0 Å². The van der Waals surface area contributed by atoms with E-state index in [1.807, 2.05) is 18.2 Å². The molecule has 4 nitrogen and oxygen atoms in total. The summed E-state index contributed by atoms with van der Waals surface area (Å²) in [7, 11) is 0. The van der Waals surface area contributed by atoms with Crippen LogP contribution in [0.1, 0.15) is 12.6 Å². The van der Waals surface area contributed by atoms with Gasteiger partial charge in [0, 0.05) is 12.3 Å². The van der Waals surface area contributed by atoms with Gasteiger partial charge in [0.2, 0.25) is 0 Å². The molecule has 0 bridgehead atoms. The Labute approximate surface area is 103 Å². The lowest BCUT2D eigenvalue weighted by Gasteiger charge is -2.04. The lowest BCUT2D eigenvalue weighted by Crippen LogP contribution is -2.00. The Morgan fingerprint density at radius 1 is 1.44 bits per heavy atom. The van der Waals surface area contributed by atoms with Crippen LogP contribution < -0.4 is 5.32 Å². The van der Waals surface area contributed by atoms with Crippen LogP contribution in [0.5, 0.6) is 0 Å². The van der Waals surface area contributed by atoms with Gasteiger partial charge in [0.1, 0.15) is 12.1 Å². The fourth-order valence-electron chi connectivity index (χ4n) is 1.20. The van der Waals surface area contributed by atoms with Gasteiger partial charge in [-0.2, -0.15) is 4.37 Å². The highest BCUT2D eigenvalue weighted by atomic mass is 32.2. The van der Waals surface area contributed by atoms with E-state index in [0.29, 0.717) is 0 Å². The van der Waals surface area contributed by atoms with Gasteiger partial charge in [0.15, 0.2) is 4.34 Å². The highest BCUT2D eigenvalue weighted by molar-refractivity contribution is 8.00. The van der Waals surface area contributed by atoms with Crippen molar-refractivity contribution in [3.8, 4) is 0 Å². The van der Waals surface area contributed by atoms with E-state index >= 15 is 0 Å². The van der Waals surface area contributed by atoms with E-state index in [0.717, 1.165) is 28.1 Å². The van der Waals surface area contributed by atoms with Crippen LogP contribution in [-0.4, -0.2) is 20.9 Å². The average Bonchev–Trinajstić information content (AvgIpc) is 2.80. The van der Waals surface area contributed by atoms with Crippen LogP contribution >= 0.6 is 23.3 Å². The molecule has 2 aromatic rings. The van der Waals surface area contributed by atoms with Crippen LogP contribution in [-0.2, 0) is 5.75 Å². The molecule has 0 aliphatic carbocycles. The van der Waals surface area contributed by atoms with Gasteiger partial charge in [-0.1, -0.05) is 17.8 Å². The minimum absolute atomic E-state index is 0.828. The van der Waals surface area contributed by atoms with Gasteiger partial charge in [-0.25, -0.2) is 9.97 Å². The van der Waals surface area contributed by atoms with Crippen LogP contribution in [0.25, 0.3) is 0 Å². The third-order valence-corrected chi connectivity index (χ3v) is 3.68. The van der Waals surface area contributed by atoms with Gasteiger partial charge in [0.05, 0.1) is 5.69 Å². The Morgan fingerprint density at radius 2 is 2.38 bits per heavy atom. The molecule has 6 heteroatoms. The van der Waals surface area contributed by atoms with Gasteiger partial charge in [-0.15, -0.1) is 0 Å². The Morgan fingerprint density at radius 3 is 3.12 bits per heavy atom. The molecule has 2 heterocycles. The average molecular weight is 252 g/mol. The Kier molecular flexibility index (Phi) is 4.12. The van der Waals surface area contributed by atoms with E-state index in [-0.39, 0.29) is 0 Å². The number of anilines is 1. The molecule has 2 rings (SSSR count). The van der Waals surface area contributed by atoms with E-state index in [1.54, 1.807) is 18.1 Å². The molecule has 0 saturated carbocycles. The topological polar surface area (TPSA) is 50.7 Å². The molecule has 0 atom stereocenters. The van der Waals surface area contributed by atoms with E-state index in [4.69, 9.17) is 0 Å². The van der Waals surface area contributed by atoms with Crippen LogP contribution in [0, 0.1) is 0 Å². The van der Waals surface area contributed by atoms with Gasteiger partial charge < -0.3 is 5.32 Å². The lowest BCUT2D eigenvalue weighted by atomic mass is 10.4. The summed E-state index contributed by atoms with van der Waals surface area (Å²) in [6, 6.07) is 6.01. The van der Waals surface area contributed by atoms with Gasteiger partial charge in [0.25, 0.3) is 0 Å². The summed E-state index contributed by atoms with van der Waals surface area (Å²) in [5, 5.41) is 3.20. The number of hydrogen-bond acceptors (Lipinski definition) is 6. The summed E-state index contributed by atoms with van der Waals surface area (Å²) < 4.78 is 4.94. The standard InChI is InChI=1S/C10H12N4S2/c1-2-11-9-5-3-4-8(14-9)6-15-10-12-7-13-16-10/h3-5,7H,2,6H2,1H3,(H,11,14). The zero-order chi connectivity index (χ0) is 11.2. The summed E-state index contributed by atoms with van der Waals surface area (Å²) in [6.07, 6.45) is 1.58. The van der Waals surface area contributed by atoms with Crippen molar-refractivity contribution in [3.05, 3.63) is 30.2 Å². The number of nitrogens with one attached hydrogen (secondary N) is 1. The minimum atomic E-state index is 0.828. The summed E-state index contributed by atoms with van der Waals surface area (Å²) >= 11 is 3.08. The van der Waals surface area contributed by atoms with Gasteiger partial charge in [-0.3, -0.25) is 0 Å². The molecule has 0 aliphatic rings. The predicted octanol–water partition coefficient (Wildman–Crippen LogP) is 2.66. The molecule has 84 valence electrons. The number of nitrogens with zero attached hydrogens (tertiary/aromatic N) is 3. The maximum absolute atomic E-state index is 4.49. The number of thioether (sulfide) groups is 1. The second kappa shape index (κ2) is 5.81. The van der Waals surface area contributed by atoms with Crippen LogP contribution in [0.3, 0.4) is 0 Å². The number of rotatable bonds is 5. The van der Waals surface area contributed by atoms with Gasteiger partial charge in [-0.05, 0) is 30.6 Å². The van der Waals surface area contributed by atoms with Crippen molar-refractivity contribution < 1.29 is 0 Å². The fourth-order valence-corrected chi connectivity index (χ4v) is 2.55. The van der Waals surface area contributed by atoms with Crippen molar-refractivity contribution in [1.82, 2.24) is 14.3 Å². The number of pyridine rings is 1. The molecule has 2 aromatic heterocycles. The Bertz CT molecular complexity index is 430. The molecule has 0 saturated heterocycles. The molecule has 0 radical (unpaired) electrons. The van der Waals surface area contributed by atoms with E-state index in [2.05, 4.69) is 26.6 Å². The predicted molar refractivity (Wildman–Crippen MR) is 67.9 cm³/mol. The zero-order valence-electron chi connectivity index (χ0n) is 8.88. The van der Waals surface area contributed by atoms with Crippen molar-refractivity contribution in [3.63, 3.8) is 0 Å². The smallest absolute Gasteiger partial charge is 0.170 e. The third-order valence-electron chi connectivity index (χ3n) is 1.85. The molecule has 0 aromatic carbocycles. The SMILES string of the molecule is CCNc1cccc(CSc2ncns2)n1. The maximum atomic E-state index is 4.49. The summed E-state index contributed by atoms with van der Waals surface area (Å²) in [4.78, 5) is 8.60. The third kappa shape index (κ3) is 3.18. The van der Waals surface area contributed by atoms with E-state index in [1.165, 1.54) is 11.5 Å². The highest BCUT2D eigenvalue weighted by Crippen LogP contribution is 2.22. The first-order valence-corrected chi connectivity index (χ1v) is 6.73. The summed E-state index contributed by atoms with van der Waals surface area (Å²) in [5.41, 5.74) is 1.05. The molecule has 16 heavy (non-hydrogen) atoms. The zero-order valence-corrected chi connectivity index (χ0v) is 10.5. The van der Waals surface area contributed by atoms with Crippen molar-refractivity contribution in [2.45, 2.75) is 17.0 Å². The molecule has 0 aliphatic heterocycles. The molecular weight excluding hydrogens is 240 g/mol. The fraction of sp³-hybridized carbons (Fsp3) is 0.300. The van der Waals surface area contributed by atoms with Crippen LogP contribution in [0.15, 0.2) is 28.9 Å². The summed E-state index contributed by atoms with van der Waals surface area (Å²) in [5.74, 6) is 1.76. The van der Waals surface area contributed by atoms with Crippen LogP contribution in [0.4, 0.5) is 5.82 Å². The second-order valence-electron chi connectivity index (χ2n) is 3.04.